The first kappa shape index (κ1) is 14.1. The third-order valence-corrected chi connectivity index (χ3v) is 4.44. The largest absolute Gasteiger partial charge is 0.481 e. The van der Waals surface area contributed by atoms with Crippen LogP contribution in [0.25, 0.3) is 11.5 Å². The van der Waals surface area contributed by atoms with Crippen molar-refractivity contribution < 1.29 is 9.90 Å². The smallest absolute Gasteiger partial charge is 0.306 e. The average molecular weight is 348 g/mol. The van der Waals surface area contributed by atoms with Crippen LogP contribution in [0.5, 0.6) is 0 Å². The summed E-state index contributed by atoms with van der Waals surface area (Å²) in [6.45, 7) is 1.91. The zero-order valence-electron chi connectivity index (χ0n) is 11.5. The number of aliphatic carboxylic acids is 1. The number of carbonyl (C=O) groups is 1. The third kappa shape index (κ3) is 2.68. The van der Waals surface area contributed by atoms with Crippen molar-refractivity contribution in [1.82, 2.24) is 15.0 Å². The Morgan fingerprint density at radius 1 is 1.43 bits per heavy atom. The van der Waals surface area contributed by atoms with Gasteiger partial charge in [-0.3, -0.25) is 9.78 Å². The van der Waals surface area contributed by atoms with Gasteiger partial charge < -0.3 is 5.11 Å². The van der Waals surface area contributed by atoms with E-state index in [0.717, 1.165) is 21.4 Å². The Bertz CT molecular complexity index is 718. The van der Waals surface area contributed by atoms with Gasteiger partial charge in [0, 0.05) is 22.1 Å². The quantitative estimate of drug-likeness (QED) is 0.903. The van der Waals surface area contributed by atoms with Crippen molar-refractivity contribution in [2.75, 3.05) is 0 Å². The maximum absolute atomic E-state index is 11.2. The molecule has 0 radical (unpaired) electrons. The van der Waals surface area contributed by atoms with E-state index < -0.39 is 5.97 Å². The molecule has 0 fully saturated rings. The van der Waals surface area contributed by atoms with Crippen molar-refractivity contribution in [1.29, 1.82) is 0 Å². The fourth-order valence-electron chi connectivity index (χ4n) is 2.65. The second-order valence-electron chi connectivity index (χ2n) is 5.17. The molecule has 0 bridgehead atoms. The van der Waals surface area contributed by atoms with Crippen molar-refractivity contribution in [3.05, 3.63) is 39.8 Å². The Kier molecular flexibility index (Phi) is 3.71. The lowest BCUT2D eigenvalue weighted by Crippen LogP contribution is -2.24. The van der Waals surface area contributed by atoms with E-state index in [1.807, 2.05) is 19.1 Å². The first-order chi connectivity index (χ1) is 10.1. The molecule has 1 aliphatic carbocycles. The Hall–Kier alpha value is -1.82. The van der Waals surface area contributed by atoms with E-state index in [2.05, 4.69) is 30.9 Å². The molecule has 1 N–H and O–H groups in total. The molecule has 1 aliphatic rings. The molecular formula is C15H14BrN3O2. The van der Waals surface area contributed by atoms with Gasteiger partial charge in [-0.1, -0.05) is 0 Å². The fourth-order valence-corrected chi connectivity index (χ4v) is 3.09. The van der Waals surface area contributed by atoms with Gasteiger partial charge in [0.25, 0.3) is 0 Å². The van der Waals surface area contributed by atoms with Crippen LogP contribution in [0.2, 0.25) is 0 Å². The number of carboxylic acid groups (broad SMARTS) is 1. The molecule has 0 saturated heterocycles. The predicted octanol–water partition coefficient (Wildman–Crippen LogP) is 2.80. The van der Waals surface area contributed by atoms with Gasteiger partial charge in [-0.25, -0.2) is 9.97 Å². The lowest BCUT2D eigenvalue weighted by Gasteiger charge is -2.22. The Balaban J connectivity index is 2.04. The number of rotatable bonds is 2. The SMILES string of the molecule is Cc1nc(-c2ncccc2Br)nc2c1CC(C(=O)O)CC2. The number of hydrogen-bond donors (Lipinski definition) is 1. The lowest BCUT2D eigenvalue weighted by atomic mass is 9.86. The van der Waals surface area contributed by atoms with E-state index >= 15 is 0 Å². The molecule has 2 heterocycles. The van der Waals surface area contributed by atoms with Crippen LogP contribution >= 0.6 is 15.9 Å². The number of nitrogens with zero attached hydrogens (tertiary/aromatic N) is 3. The molecule has 21 heavy (non-hydrogen) atoms. The number of carboxylic acids is 1. The number of hydrogen-bond acceptors (Lipinski definition) is 4. The molecule has 0 saturated carbocycles. The number of aromatic nitrogens is 3. The molecule has 6 heteroatoms. The fraction of sp³-hybridized carbons (Fsp3) is 0.333. The molecular weight excluding hydrogens is 334 g/mol. The summed E-state index contributed by atoms with van der Waals surface area (Å²) >= 11 is 3.46. The van der Waals surface area contributed by atoms with Crippen molar-refractivity contribution >= 4 is 21.9 Å². The van der Waals surface area contributed by atoms with Gasteiger partial charge in [-0.15, -0.1) is 0 Å². The molecule has 1 atom stereocenters. The van der Waals surface area contributed by atoms with E-state index in [-0.39, 0.29) is 5.92 Å². The molecule has 0 amide bonds. The Morgan fingerprint density at radius 3 is 2.95 bits per heavy atom. The second kappa shape index (κ2) is 5.52. The van der Waals surface area contributed by atoms with Gasteiger partial charge in [0.15, 0.2) is 5.82 Å². The number of pyridine rings is 1. The topological polar surface area (TPSA) is 76.0 Å². The minimum Gasteiger partial charge on any atom is -0.481 e. The van der Waals surface area contributed by atoms with Crippen molar-refractivity contribution in [3.8, 4) is 11.5 Å². The summed E-state index contributed by atoms with van der Waals surface area (Å²) in [6, 6.07) is 3.75. The third-order valence-electron chi connectivity index (χ3n) is 3.80. The summed E-state index contributed by atoms with van der Waals surface area (Å²) in [7, 11) is 0. The number of fused-ring (bicyclic) bond motifs is 1. The van der Waals surface area contributed by atoms with Crippen LogP contribution < -0.4 is 0 Å². The highest BCUT2D eigenvalue weighted by Crippen LogP contribution is 2.29. The van der Waals surface area contributed by atoms with E-state index in [9.17, 15) is 4.79 Å². The highest BCUT2D eigenvalue weighted by atomic mass is 79.9. The van der Waals surface area contributed by atoms with Gasteiger partial charge in [0.1, 0.15) is 5.69 Å². The monoisotopic (exact) mass is 347 g/mol. The maximum Gasteiger partial charge on any atom is 0.306 e. The predicted molar refractivity (Wildman–Crippen MR) is 80.9 cm³/mol. The van der Waals surface area contributed by atoms with Crippen molar-refractivity contribution in [2.24, 2.45) is 5.92 Å². The molecule has 0 aliphatic heterocycles. The van der Waals surface area contributed by atoms with Gasteiger partial charge in [0.05, 0.1) is 5.92 Å². The van der Waals surface area contributed by atoms with Crippen LogP contribution in [0.15, 0.2) is 22.8 Å². The molecule has 2 aromatic rings. The van der Waals surface area contributed by atoms with Crippen LogP contribution in [0.3, 0.4) is 0 Å². The first-order valence-electron chi connectivity index (χ1n) is 6.76. The number of aryl methyl sites for hydroxylation is 2. The molecule has 1 unspecified atom stereocenters. The molecule has 108 valence electrons. The molecule has 2 aromatic heterocycles. The summed E-state index contributed by atoms with van der Waals surface area (Å²) in [6.07, 6.45) is 3.52. The van der Waals surface area contributed by atoms with Crippen LogP contribution in [0.1, 0.15) is 23.4 Å². The van der Waals surface area contributed by atoms with Gasteiger partial charge in [0.2, 0.25) is 0 Å². The summed E-state index contributed by atoms with van der Waals surface area (Å²) < 4.78 is 0.851. The standard InChI is InChI=1S/C15H14BrN3O2/c1-8-10-7-9(15(20)21)4-5-12(10)19-14(18-8)13-11(16)3-2-6-17-13/h2-3,6,9H,4-5,7H2,1H3,(H,20,21). The van der Waals surface area contributed by atoms with Gasteiger partial charge in [-0.05, 0) is 59.8 Å². The van der Waals surface area contributed by atoms with Crippen LogP contribution in [-0.2, 0) is 17.6 Å². The highest BCUT2D eigenvalue weighted by Gasteiger charge is 2.27. The first-order valence-corrected chi connectivity index (χ1v) is 7.55. The van der Waals surface area contributed by atoms with Crippen LogP contribution in [0, 0.1) is 12.8 Å². The number of halogens is 1. The zero-order valence-corrected chi connectivity index (χ0v) is 13.1. The Morgan fingerprint density at radius 2 is 2.24 bits per heavy atom. The van der Waals surface area contributed by atoms with Crippen molar-refractivity contribution in [3.63, 3.8) is 0 Å². The molecule has 5 nitrogen and oxygen atoms in total. The van der Waals surface area contributed by atoms with Crippen LogP contribution in [0.4, 0.5) is 0 Å². The minimum atomic E-state index is -0.739. The van der Waals surface area contributed by atoms with E-state index in [1.54, 1.807) is 6.20 Å². The normalized spacial score (nSPS) is 17.3. The average Bonchev–Trinajstić information content (AvgIpc) is 2.47. The summed E-state index contributed by atoms with van der Waals surface area (Å²) in [5.41, 5.74) is 3.49. The second-order valence-corrected chi connectivity index (χ2v) is 6.02. The van der Waals surface area contributed by atoms with E-state index in [0.29, 0.717) is 30.8 Å². The zero-order chi connectivity index (χ0) is 15.0. The summed E-state index contributed by atoms with van der Waals surface area (Å²) in [5.74, 6) is -0.476. The lowest BCUT2D eigenvalue weighted by molar-refractivity contribution is -0.142. The highest BCUT2D eigenvalue weighted by molar-refractivity contribution is 9.10. The molecule has 3 rings (SSSR count). The van der Waals surface area contributed by atoms with E-state index in [1.165, 1.54) is 0 Å². The molecule has 0 aromatic carbocycles. The minimum absolute atomic E-state index is 0.327. The Labute approximate surface area is 130 Å². The van der Waals surface area contributed by atoms with Crippen molar-refractivity contribution in [2.45, 2.75) is 26.2 Å². The van der Waals surface area contributed by atoms with Gasteiger partial charge >= 0.3 is 5.97 Å². The van der Waals surface area contributed by atoms with E-state index in [4.69, 9.17) is 5.11 Å². The summed E-state index contributed by atoms with van der Waals surface area (Å²) in [4.78, 5) is 24.6. The van der Waals surface area contributed by atoms with Crippen LogP contribution in [-0.4, -0.2) is 26.0 Å². The maximum atomic E-state index is 11.2. The van der Waals surface area contributed by atoms with Gasteiger partial charge in [-0.2, -0.15) is 0 Å². The molecule has 0 spiro atoms. The summed E-state index contributed by atoms with van der Waals surface area (Å²) in [5, 5.41) is 9.17.